The Balaban J connectivity index is 1.61. The highest BCUT2D eigenvalue weighted by atomic mass is 32.1. The first-order chi connectivity index (χ1) is 11.6. The number of thiophene rings is 1. The number of nitrogens with two attached hydrogens (primary N) is 1. The summed E-state index contributed by atoms with van der Waals surface area (Å²) in [6.07, 6.45) is 5.45. The van der Waals surface area contributed by atoms with Crippen LogP contribution in [0.2, 0.25) is 0 Å². The highest BCUT2D eigenvalue weighted by Crippen LogP contribution is 2.19. The van der Waals surface area contributed by atoms with Crippen LogP contribution >= 0.6 is 11.3 Å². The fourth-order valence-corrected chi connectivity index (χ4v) is 3.50. The minimum atomic E-state index is -0.514. The fraction of sp³-hybridized carbons (Fsp3) is 0.353. The minimum absolute atomic E-state index is 0.205. The predicted molar refractivity (Wildman–Crippen MR) is 94.3 cm³/mol. The lowest BCUT2D eigenvalue weighted by Gasteiger charge is -2.27. The number of hydrogen-bond donors (Lipinski definition) is 2. The van der Waals surface area contributed by atoms with Crippen LogP contribution in [0.3, 0.4) is 0 Å². The molecule has 0 aromatic carbocycles. The number of carbonyl (C=O) groups excluding carboxylic acids is 2. The summed E-state index contributed by atoms with van der Waals surface area (Å²) < 4.78 is 0. The van der Waals surface area contributed by atoms with Crippen molar-refractivity contribution in [1.82, 2.24) is 10.3 Å². The van der Waals surface area contributed by atoms with Crippen molar-refractivity contribution in [2.45, 2.75) is 25.8 Å². The van der Waals surface area contributed by atoms with E-state index in [4.69, 9.17) is 5.73 Å². The van der Waals surface area contributed by atoms with Crippen LogP contribution in [-0.2, 0) is 6.54 Å². The first kappa shape index (κ1) is 16.4. The van der Waals surface area contributed by atoms with Crippen LogP contribution in [0.15, 0.2) is 30.5 Å². The molecule has 0 saturated carbocycles. The van der Waals surface area contributed by atoms with Crippen molar-refractivity contribution in [1.29, 1.82) is 0 Å². The van der Waals surface area contributed by atoms with Crippen molar-refractivity contribution in [3.63, 3.8) is 0 Å². The second kappa shape index (κ2) is 7.44. The molecule has 7 heteroatoms. The van der Waals surface area contributed by atoms with Gasteiger partial charge >= 0.3 is 0 Å². The number of nitrogens with one attached hydrogen (secondary N) is 1. The van der Waals surface area contributed by atoms with Crippen LogP contribution in [-0.4, -0.2) is 29.9 Å². The van der Waals surface area contributed by atoms with Gasteiger partial charge in [0, 0.05) is 25.8 Å². The normalized spacial score (nSPS) is 14.4. The van der Waals surface area contributed by atoms with Gasteiger partial charge in [0.25, 0.3) is 11.8 Å². The van der Waals surface area contributed by atoms with E-state index in [9.17, 15) is 9.59 Å². The van der Waals surface area contributed by atoms with Gasteiger partial charge in [-0.2, -0.15) is 0 Å². The van der Waals surface area contributed by atoms with Gasteiger partial charge in [0.15, 0.2) is 0 Å². The predicted octanol–water partition coefficient (Wildman–Crippen LogP) is 2.16. The zero-order chi connectivity index (χ0) is 16.9. The molecule has 0 unspecified atom stereocenters. The van der Waals surface area contributed by atoms with Crippen LogP contribution in [0.1, 0.15) is 44.2 Å². The van der Waals surface area contributed by atoms with Gasteiger partial charge in [-0.25, -0.2) is 4.98 Å². The van der Waals surface area contributed by atoms with E-state index in [1.54, 1.807) is 18.3 Å². The molecule has 0 aliphatic carbocycles. The molecular weight excluding hydrogens is 324 g/mol. The lowest BCUT2D eigenvalue weighted by Crippen LogP contribution is -2.30. The minimum Gasteiger partial charge on any atom is -0.365 e. The summed E-state index contributed by atoms with van der Waals surface area (Å²) in [4.78, 5) is 30.8. The van der Waals surface area contributed by atoms with Gasteiger partial charge in [-0.3, -0.25) is 9.59 Å². The third kappa shape index (κ3) is 3.91. The Morgan fingerprint density at radius 3 is 2.62 bits per heavy atom. The molecule has 1 aliphatic heterocycles. The molecule has 3 rings (SSSR count). The van der Waals surface area contributed by atoms with Gasteiger partial charge in [0.2, 0.25) is 0 Å². The maximum Gasteiger partial charge on any atom is 0.261 e. The van der Waals surface area contributed by atoms with E-state index in [1.165, 1.54) is 19.3 Å². The van der Waals surface area contributed by atoms with Crippen LogP contribution in [0.25, 0.3) is 0 Å². The maximum absolute atomic E-state index is 12.2. The molecule has 6 nitrogen and oxygen atoms in total. The molecule has 1 aliphatic rings. The summed E-state index contributed by atoms with van der Waals surface area (Å²) in [5.41, 5.74) is 6.21. The average molecular weight is 344 g/mol. The van der Waals surface area contributed by atoms with Crippen LogP contribution in [0, 0.1) is 0 Å². The van der Waals surface area contributed by atoms with E-state index in [1.807, 2.05) is 12.1 Å². The maximum atomic E-state index is 12.2. The van der Waals surface area contributed by atoms with Crippen molar-refractivity contribution in [2.75, 3.05) is 18.0 Å². The molecule has 1 fully saturated rings. The van der Waals surface area contributed by atoms with E-state index in [0.717, 1.165) is 35.8 Å². The largest absolute Gasteiger partial charge is 0.365 e. The summed E-state index contributed by atoms with van der Waals surface area (Å²) in [5.74, 6) is 0.247. The summed E-state index contributed by atoms with van der Waals surface area (Å²) in [5, 5.41) is 2.87. The smallest absolute Gasteiger partial charge is 0.261 e. The number of hydrogen-bond acceptors (Lipinski definition) is 5. The Labute approximate surface area is 144 Å². The average Bonchev–Trinajstić information content (AvgIpc) is 3.11. The Bertz CT molecular complexity index is 738. The molecule has 1 saturated heterocycles. The Hall–Kier alpha value is -2.41. The summed E-state index contributed by atoms with van der Waals surface area (Å²) in [6.45, 7) is 2.49. The number of aromatic nitrogens is 1. The number of nitrogens with zero attached hydrogens (tertiary/aromatic N) is 2. The number of amides is 2. The second-order valence-electron chi connectivity index (χ2n) is 5.78. The Kier molecular flexibility index (Phi) is 5.10. The van der Waals surface area contributed by atoms with Gasteiger partial charge in [-0.15, -0.1) is 11.3 Å². The molecular formula is C17H20N4O2S. The number of carbonyl (C=O) groups is 2. The molecule has 3 N–H and O–H groups in total. The standard InChI is InChI=1S/C17H20N4O2S/c18-16(22)13-4-5-14(24-13)17(23)20-11-12-6-7-19-15(10-12)21-8-2-1-3-9-21/h4-7,10H,1-3,8-9,11H2,(H2,18,22)(H,20,23). The van der Waals surface area contributed by atoms with Crippen LogP contribution in [0.5, 0.6) is 0 Å². The Morgan fingerprint density at radius 1 is 1.17 bits per heavy atom. The summed E-state index contributed by atoms with van der Waals surface area (Å²) in [7, 11) is 0. The molecule has 0 atom stereocenters. The van der Waals surface area contributed by atoms with Crippen LogP contribution in [0.4, 0.5) is 5.82 Å². The lowest BCUT2D eigenvalue weighted by molar-refractivity contribution is 0.0954. The van der Waals surface area contributed by atoms with Gasteiger partial charge in [-0.05, 0) is 49.1 Å². The topological polar surface area (TPSA) is 88.3 Å². The van der Waals surface area contributed by atoms with E-state index in [2.05, 4.69) is 15.2 Å². The van der Waals surface area contributed by atoms with E-state index in [-0.39, 0.29) is 5.91 Å². The lowest BCUT2D eigenvalue weighted by atomic mass is 10.1. The molecule has 24 heavy (non-hydrogen) atoms. The van der Waals surface area contributed by atoms with Crippen molar-refractivity contribution in [2.24, 2.45) is 5.73 Å². The van der Waals surface area contributed by atoms with Crippen molar-refractivity contribution in [3.05, 3.63) is 45.8 Å². The van der Waals surface area contributed by atoms with E-state index >= 15 is 0 Å². The number of pyridine rings is 1. The van der Waals surface area contributed by atoms with Gasteiger partial charge in [-0.1, -0.05) is 0 Å². The summed E-state index contributed by atoms with van der Waals surface area (Å²) in [6, 6.07) is 7.11. The van der Waals surface area contributed by atoms with E-state index in [0.29, 0.717) is 16.3 Å². The third-order valence-corrected chi connectivity index (χ3v) is 5.11. The van der Waals surface area contributed by atoms with E-state index < -0.39 is 5.91 Å². The van der Waals surface area contributed by atoms with Crippen molar-refractivity contribution in [3.8, 4) is 0 Å². The molecule has 2 amide bonds. The fourth-order valence-electron chi connectivity index (χ4n) is 2.73. The molecule has 0 bridgehead atoms. The van der Waals surface area contributed by atoms with Crippen LogP contribution < -0.4 is 16.0 Å². The van der Waals surface area contributed by atoms with Gasteiger partial charge in [0.05, 0.1) is 9.75 Å². The van der Waals surface area contributed by atoms with Crippen molar-refractivity contribution >= 4 is 29.0 Å². The van der Waals surface area contributed by atoms with Gasteiger partial charge in [0.1, 0.15) is 5.82 Å². The quantitative estimate of drug-likeness (QED) is 0.870. The monoisotopic (exact) mass is 344 g/mol. The zero-order valence-electron chi connectivity index (χ0n) is 13.3. The highest BCUT2D eigenvalue weighted by molar-refractivity contribution is 7.15. The molecule has 126 valence electrons. The van der Waals surface area contributed by atoms with Crippen molar-refractivity contribution < 1.29 is 9.59 Å². The third-order valence-electron chi connectivity index (χ3n) is 4.02. The molecule has 0 radical (unpaired) electrons. The highest BCUT2D eigenvalue weighted by Gasteiger charge is 2.14. The zero-order valence-corrected chi connectivity index (χ0v) is 14.1. The molecule has 3 heterocycles. The first-order valence-corrected chi connectivity index (χ1v) is 8.83. The first-order valence-electron chi connectivity index (χ1n) is 8.01. The molecule has 2 aromatic rings. The Morgan fingerprint density at radius 2 is 1.92 bits per heavy atom. The SMILES string of the molecule is NC(=O)c1ccc(C(=O)NCc2ccnc(N3CCCCC3)c2)s1. The number of primary amides is 1. The summed E-state index contributed by atoms with van der Waals surface area (Å²) >= 11 is 1.10. The number of rotatable bonds is 5. The molecule has 0 spiro atoms. The number of piperidine rings is 1. The second-order valence-corrected chi connectivity index (χ2v) is 6.86. The van der Waals surface area contributed by atoms with Gasteiger partial charge < -0.3 is 16.0 Å². The number of anilines is 1. The molecule has 2 aromatic heterocycles.